The van der Waals surface area contributed by atoms with Crippen LogP contribution in [0.2, 0.25) is 0 Å². The van der Waals surface area contributed by atoms with Crippen LogP contribution in [0.1, 0.15) is 19.8 Å². The molecule has 2 aliphatic heterocycles. The van der Waals surface area contributed by atoms with Crippen molar-refractivity contribution in [3.63, 3.8) is 0 Å². The number of ether oxygens (including phenoxy) is 1. The second kappa shape index (κ2) is 4.89. The third-order valence-corrected chi connectivity index (χ3v) is 3.28. The third-order valence-electron chi connectivity index (χ3n) is 3.28. The summed E-state index contributed by atoms with van der Waals surface area (Å²) in [7, 11) is 0. The minimum absolute atomic E-state index is 0.350. The Morgan fingerprint density at radius 1 is 1.29 bits per heavy atom. The van der Waals surface area contributed by atoms with Gasteiger partial charge >= 0.3 is 6.11 Å². The fourth-order valence-corrected chi connectivity index (χ4v) is 2.55. The number of halogens is 2. The van der Waals surface area contributed by atoms with Crippen molar-refractivity contribution in [3.05, 3.63) is 0 Å². The number of rotatable bonds is 1. The van der Waals surface area contributed by atoms with E-state index in [4.69, 9.17) is 4.74 Å². The lowest BCUT2D eigenvalue weighted by molar-refractivity contribution is -0.333. The van der Waals surface area contributed by atoms with Crippen LogP contribution in [0.3, 0.4) is 0 Å². The monoisotopic (exact) mass is 244 g/mol. The Balaban J connectivity index is 2.08. The van der Waals surface area contributed by atoms with E-state index in [0.717, 1.165) is 13.1 Å². The molecule has 2 fully saturated rings. The third kappa shape index (κ3) is 3.15. The van der Waals surface area contributed by atoms with Crippen molar-refractivity contribution >= 4 is 0 Å². The number of hydrogen-bond acceptors (Lipinski definition) is 3. The van der Waals surface area contributed by atoms with Gasteiger partial charge in [-0.2, -0.15) is 8.78 Å². The molecule has 96 valence electrons. The van der Waals surface area contributed by atoms with Gasteiger partial charge in [-0.05, 0) is 32.9 Å². The van der Waals surface area contributed by atoms with E-state index in [1.807, 2.05) is 0 Å². The highest BCUT2D eigenvalue weighted by Gasteiger charge is 2.49. The van der Waals surface area contributed by atoms with Crippen molar-refractivity contribution in [1.82, 2.24) is 10.2 Å². The Hall–Kier alpha value is -0.700. The van der Waals surface area contributed by atoms with Crippen molar-refractivity contribution < 1.29 is 13.5 Å². The molecule has 0 radical (unpaired) electrons. The van der Waals surface area contributed by atoms with Crippen LogP contribution in [-0.2, 0) is 4.74 Å². The summed E-state index contributed by atoms with van der Waals surface area (Å²) in [6, 6.07) is 0. The van der Waals surface area contributed by atoms with E-state index >= 15 is 0 Å². The summed E-state index contributed by atoms with van der Waals surface area (Å²) in [4.78, 5) is 1.70. The first kappa shape index (κ1) is 12.7. The molecule has 0 unspecified atom stereocenters. The Morgan fingerprint density at radius 2 is 2.00 bits per heavy atom. The van der Waals surface area contributed by atoms with E-state index in [1.54, 1.807) is 11.8 Å². The first-order valence-corrected chi connectivity index (χ1v) is 5.96. The summed E-state index contributed by atoms with van der Waals surface area (Å²) in [6.45, 7) is 3.80. The number of nitrogens with one attached hydrogen (secondary N) is 1. The highest BCUT2D eigenvalue weighted by Crippen LogP contribution is 2.36. The van der Waals surface area contributed by atoms with E-state index in [9.17, 15) is 8.78 Å². The average molecular weight is 244 g/mol. The molecule has 17 heavy (non-hydrogen) atoms. The fourth-order valence-electron chi connectivity index (χ4n) is 2.55. The zero-order valence-corrected chi connectivity index (χ0v) is 10.1. The Labute approximate surface area is 100 Å². The lowest BCUT2D eigenvalue weighted by Gasteiger charge is -2.47. The van der Waals surface area contributed by atoms with E-state index in [-0.39, 0.29) is 6.54 Å². The van der Waals surface area contributed by atoms with Gasteiger partial charge in [0.15, 0.2) is 0 Å². The highest BCUT2D eigenvalue weighted by atomic mass is 19.3. The van der Waals surface area contributed by atoms with Crippen molar-refractivity contribution in [2.24, 2.45) is 0 Å². The molecule has 0 aliphatic carbocycles. The molecule has 2 aliphatic rings. The molecule has 1 spiro atoms. The molecular formula is C12H18F2N2O. The Morgan fingerprint density at radius 3 is 2.65 bits per heavy atom. The van der Waals surface area contributed by atoms with Gasteiger partial charge in [-0.25, -0.2) is 0 Å². The van der Waals surface area contributed by atoms with Gasteiger partial charge in [-0.15, -0.1) is 5.92 Å². The van der Waals surface area contributed by atoms with Gasteiger partial charge in [0.05, 0.1) is 18.7 Å². The fraction of sp³-hybridized carbons (Fsp3) is 0.833. The number of alkyl halides is 2. The topological polar surface area (TPSA) is 24.5 Å². The van der Waals surface area contributed by atoms with Gasteiger partial charge < -0.3 is 10.1 Å². The SMILES string of the molecule is CC#CCN1CC(F)(F)OC2(CCNCC2)C1. The molecule has 0 atom stereocenters. The quantitative estimate of drug-likeness (QED) is 0.698. The van der Waals surface area contributed by atoms with Crippen LogP contribution in [0.15, 0.2) is 0 Å². The zero-order chi connectivity index (χ0) is 12.4. The van der Waals surface area contributed by atoms with E-state index in [0.29, 0.717) is 25.9 Å². The average Bonchev–Trinajstić information content (AvgIpc) is 2.25. The molecule has 2 saturated heterocycles. The summed E-state index contributed by atoms with van der Waals surface area (Å²) < 4.78 is 32.2. The second-order valence-electron chi connectivity index (χ2n) is 4.74. The normalized spacial score (nSPS) is 27.5. The molecule has 3 nitrogen and oxygen atoms in total. The Kier molecular flexibility index (Phi) is 3.67. The second-order valence-corrected chi connectivity index (χ2v) is 4.74. The largest absolute Gasteiger partial charge is 0.368 e. The maximum Gasteiger partial charge on any atom is 0.368 e. The van der Waals surface area contributed by atoms with Crippen LogP contribution in [-0.4, -0.2) is 49.3 Å². The molecule has 0 amide bonds. The first-order chi connectivity index (χ1) is 8.05. The van der Waals surface area contributed by atoms with Crippen LogP contribution in [0, 0.1) is 11.8 Å². The van der Waals surface area contributed by atoms with Gasteiger partial charge in [-0.1, -0.05) is 5.92 Å². The molecule has 0 aromatic heterocycles. The summed E-state index contributed by atoms with van der Waals surface area (Å²) in [6.07, 6.45) is -1.78. The maximum absolute atomic E-state index is 13.6. The molecule has 0 saturated carbocycles. The van der Waals surface area contributed by atoms with Gasteiger partial charge in [0.2, 0.25) is 0 Å². The summed E-state index contributed by atoms with van der Waals surface area (Å²) in [5, 5.41) is 3.17. The number of nitrogens with zero attached hydrogens (tertiary/aromatic N) is 1. The number of piperidine rings is 1. The lowest BCUT2D eigenvalue weighted by Crippen LogP contribution is -2.61. The highest BCUT2D eigenvalue weighted by molar-refractivity contribution is 5.01. The summed E-state index contributed by atoms with van der Waals surface area (Å²) in [5.41, 5.74) is -0.692. The molecule has 0 bridgehead atoms. The lowest BCUT2D eigenvalue weighted by atomic mass is 9.90. The van der Waals surface area contributed by atoms with E-state index < -0.39 is 11.7 Å². The molecule has 1 N–H and O–H groups in total. The predicted octanol–water partition coefficient (Wildman–Crippen LogP) is 1.06. The first-order valence-electron chi connectivity index (χ1n) is 5.96. The van der Waals surface area contributed by atoms with Gasteiger partial charge in [-0.3, -0.25) is 4.90 Å². The van der Waals surface area contributed by atoms with E-state index in [2.05, 4.69) is 17.2 Å². The minimum atomic E-state index is -3.05. The summed E-state index contributed by atoms with van der Waals surface area (Å²) >= 11 is 0. The van der Waals surface area contributed by atoms with Crippen LogP contribution in [0.5, 0.6) is 0 Å². The van der Waals surface area contributed by atoms with Crippen LogP contribution in [0.25, 0.3) is 0 Å². The van der Waals surface area contributed by atoms with Crippen LogP contribution < -0.4 is 5.32 Å². The number of morpholine rings is 1. The van der Waals surface area contributed by atoms with Gasteiger partial charge in [0.1, 0.15) is 0 Å². The standard InChI is InChI=1S/C12H18F2N2O/c1-2-3-8-16-9-11(4-6-15-7-5-11)17-12(13,14)10-16/h15H,4-10H2,1H3. The van der Waals surface area contributed by atoms with Crippen LogP contribution >= 0.6 is 0 Å². The maximum atomic E-state index is 13.6. The molecule has 2 heterocycles. The van der Waals surface area contributed by atoms with Crippen molar-refractivity contribution in [3.8, 4) is 11.8 Å². The summed E-state index contributed by atoms with van der Waals surface area (Å²) in [5.74, 6) is 5.59. The molecular weight excluding hydrogens is 226 g/mol. The smallest absolute Gasteiger partial charge is 0.317 e. The molecule has 0 aromatic rings. The van der Waals surface area contributed by atoms with E-state index in [1.165, 1.54) is 0 Å². The zero-order valence-electron chi connectivity index (χ0n) is 10.1. The van der Waals surface area contributed by atoms with Crippen molar-refractivity contribution in [2.45, 2.75) is 31.5 Å². The van der Waals surface area contributed by atoms with Crippen molar-refractivity contribution in [2.75, 3.05) is 32.7 Å². The predicted molar refractivity (Wildman–Crippen MR) is 60.8 cm³/mol. The molecule has 0 aromatic carbocycles. The van der Waals surface area contributed by atoms with Crippen LogP contribution in [0.4, 0.5) is 8.78 Å². The molecule has 2 rings (SSSR count). The van der Waals surface area contributed by atoms with Gasteiger partial charge in [0.25, 0.3) is 0 Å². The number of hydrogen-bond donors (Lipinski definition) is 1. The van der Waals surface area contributed by atoms with Gasteiger partial charge in [0, 0.05) is 6.54 Å². The minimum Gasteiger partial charge on any atom is -0.317 e. The van der Waals surface area contributed by atoms with Crippen molar-refractivity contribution in [1.29, 1.82) is 0 Å². The molecule has 5 heteroatoms. The Bertz CT molecular complexity index is 329.